The molecule has 0 atom stereocenters. The summed E-state index contributed by atoms with van der Waals surface area (Å²) in [4.78, 5) is 11.9. The molecule has 1 aromatic carbocycles. The van der Waals surface area contributed by atoms with Gasteiger partial charge in [0, 0.05) is 11.8 Å². The third-order valence-corrected chi connectivity index (χ3v) is 2.52. The minimum absolute atomic E-state index is 0.0450. The van der Waals surface area contributed by atoms with Gasteiger partial charge in [-0.3, -0.25) is 9.89 Å². The Labute approximate surface area is 122 Å². The van der Waals surface area contributed by atoms with Crippen molar-refractivity contribution in [2.75, 3.05) is 11.9 Å². The fraction of sp³-hybridized carbons (Fsp3) is 0.231. The first-order valence-corrected chi connectivity index (χ1v) is 6.07. The second kappa shape index (κ2) is 6.04. The van der Waals surface area contributed by atoms with Crippen LogP contribution >= 0.6 is 0 Å². The molecule has 9 heteroatoms. The Kier molecular flexibility index (Phi) is 4.34. The zero-order chi connectivity index (χ0) is 16.3. The number of nitrogens with zero attached hydrogens (tertiary/aromatic N) is 1. The predicted molar refractivity (Wildman–Crippen MR) is 69.2 cm³/mol. The van der Waals surface area contributed by atoms with Gasteiger partial charge in [0.2, 0.25) is 0 Å². The maximum atomic E-state index is 13.1. The van der Waals surface area contributed by atoms with Gasteiger partial charge in [-0.1, -0.05) is 0 Å². The van der Waals surface area contributed by atoms with Gasteiger partial charge < -0.3 is 10.1 Å². The van der Waals surface area contributed by atoms with Crippen molar-refractivity contribution in [2.24, 2.45) is 0 Å². The largest absolute Gasteiger partial charge is 0.482 e. The minimum atomic E-state index is -4.58. The van der Waals surface area contributed by atoms with Crippen molar-refractivity contribution in [2.45, 2.75) is 13.1 Å². The number of nitrogens with one attached hydrogen (secondary N) is 2. The van der Waals surface area contributed by atoms with Crippen molar-refractivity contribution in [3.05, 3.63) is 41.5 Å². The Bertz CT molecular complexity index is 682. The van der Waals surface area contributed by atoms with E-state index in [0.717, 1.165) is 18.2 Å². The summed E-state index contributed by atoms with van der Waals surface area (Å²) in [5.74, 6) is -1.86. The number of carbonyl (C=O) groups is 1. The standard InChI is InChI=1S/C13H11F4N3O2/c1-7-4-10(20-19-7)12(21)18-9-3-2-8(14)5-11(9)22-6-13(15,16)17/h2-5H,6H2,1H3,(H,18,21)(H,19,20). The number of aromatic amines is 1. The van der Waals surface area contributed by atoms with Crippen LogP contribution in [-0.2, 0) is 0 Å². The summed E-state index contributed by atoms with van der Waals surface area (Å²) < 4.78 is 54.2. The Morgan fingerprint density at radius 3 is 2.68 bits per heavy atom. The summed E-state index contributed by atoms with van der Waals surface area (Å²) in [6.07, 6.45) is -4.58. The molecule has 0 saturated heterocycles. The van der Waals surface area contributed by atoms with E-state index in [2.05, 4.69) is 20.3 Å². The average Bonchev–Trinajstić information content (AvgIpc) is 2.85. The number of benzene rings is 1. The van der Waals surface area contributed by atoms with E-state index in [4.69, 9.17) is 0 Å². The molecular weight excluding hydrogens is 306 g/mol. The fourth-order valence-electron chi connectivity index (χ4n) is 1.60. The third kappa shape index (κ3) is 4.21. The summed E-state index contributed by atoms with van der Waals surface area (Å²) in [6, 6.07) is 4.32. The van der Waals surface area contributed by atoms with Crippen LogP contribution < -0.4 is 10.1 Å². The van der Waals surface area contributed by atoms with Crippen molar-refractivity contribution < 1.29 is 27.1 Å². The zero-order valence-corrected chi connectivity index (χ0v) is 11.3. The maximum absolute atomic E-state index is 13.1. The molecule has 5 nitrogen and oxygen atoms in total. The highest BCUT2D eigenvalue weighted by molar-refractivity contribution is 6.03. The van der Waals surface area contributed by atoms with E-state index < -0.39 is 30.3 Å². The predicted octanol–water partition coefficient (Wildman–Crippen LogP) is 3.05. The highest BCUT2D eigenvalue weighted by atomic mass is 19.4. The van der Waals surface area contributed by atoms with Crippen LogP contribution in [0.25, 0.3) is 0 Å². The van der Waals surface area contributed by atoms with Gasteiger partial charge in [-0.25, -0.2) is 4.39 Å². The smallest absolute Gasteiger partial charge is 0.422 e. The minimum Gasteiger partial charge on any atom is -0.482 e. The van der Waals surface area contributed by atoms with Crippen LogP contribution in [0.15, 0.2) is 24.3 Å². The van der Waals surface area contributed by atoms with Gasteiger partial charge in [0.25, 0.3) is 5.91 Å². The molecule has 0 spiro atoms. The van der Waals surface area contributed by atoms with E-state index in [-0.39, 0.29) is 11.4 Å². The molecule has 0 unspecified atom stereocenters. The van der Waals surface area contributed by atoms with Gasteiger partial charge in [0.05, 0.1) is 5.69 Å². The van der Waals surface area contributed by atoms with E-state index in [9.17, 15) is 22.4 Å². The van der Waals surface area contributed by atoms with Crippen molar-refractivity contribution in [1.82, 2.24) is 10.2 Å². The number of H-pyrrole nitrogens is 1. The van der Waals surface area contributed by atoms with Crippen LogP contribution in [0.3, 0.4) is 0 Å². The second-order valence-corrected chi connectivity index (χ2v) is 4.43. The van der Waals surface area contributed by atoms with Crippen LogP contribution in [0.1, 0.15) is 16.2 Å². The van der Waals surface area contributed by atoms with Gasteiger partial charge in [0.15, 0.2) is 12.3 Å². The molecule has 1 aromatic heterocycles. The third-order valence-electron chi connectivity index (χ3n) is 2.52. The van der Waals surface area contributed by atoms with Crippen LogP contribution in [0.2, 0.25) is 0 Å². The molecular formula is C13H11F4N3O2. The number of alkyl halides is 3. The molecule has 1 amide bonds. The average molecular weight is 317 g/mol. The number of hydrogen-bond donors (Lipinski definition) is 2. The molecule has 0 aliphatic carbocycles. The monoisotopic (exact) mass is 317 g/mol. The van der Waals surface area contributed by atoms with Crippen LogP contribution in [0.5, 0.6) is 5.75 Å². The van der Waals surface area contributed by atoms with E-state index in [1.807, 2.05) is 0 Å². The molecule has 0 aliphatic rings. The molecule has 118 valence electrons. The van der Waals surface area contributed by atoms with Crippen molar-refractivity contribution in [1.29, 1.82) is 0 Å². The van der Waals surface area contributed by atoms with E-state index >= 15 is 0 Å². The number of aromatic nitrogens is 2. The Balaban J connectivity index is 2.17. The summed E-state index contributed by atoms with van der Waals surface area (Å²) in [5.41, 5.74) is 0.595. The maximum Gasteiger partial charge on any atom is 0.422 e. The summed E-state index contributed by atoms with van der Waals surface area (Å²) in [7, 11) is 0. The Morgan fingerprint density at radius 2 is 2.09 bits per heavy atom. The SMILES string of the molecule is Cc1cc(C(=O)Nc2ccc(F)cc2OCC(F)(F)F)n[nH]1. The fourth-order valence-corrected chi connectivity index (χ4v) is 1.60. The molecule has 0 radical (unpaired) electrons. The molecule has 0 aliphatic heterocycles. The van der Waals surface area contributed by atoms with Crippen molar-refractivity contribution in [3.8, 4) is 5.75 Å². The Hall–Kier alpha value is -2.58. The number of amides is 1. The summed E-state index contributed by atoms with van der Waals surface area (Å²) in [5, 5.41) is 8.59. The molecule has 0 bridgehead atoms. The van der Waals surface area contributed by atoms with Gasteiger partial charge >= 0.3 is 6.18 Å². The van der Waals surface area contributed by atoms with Gasteiger partial charge in [-0.05, 0) is 25.1 Å². The Morgan fingerprint density at radius 1 is 1.36 bits per heavy atom. The van der Waals surface area contributed by atoms with Gasteiger partial charge in [0.1, 0.15) is 11.6 Å². The second-order valence-electron chi connectivity index (χ2n) is 4.43. The number of halogens is 4. The number of hydrogen-bond acceptors (Lipinski definition) is 3. The summed E-state index contributed by atoms with van der Waals surface area (Å²) >= 11 is 0. The lowest BCUT2D eigenvalue weighted by Crippen LogP contribution is -2.20. The van der Waals surface area contributed by atoms with Gasteiger partial charge in [-0.2, -0.15) is 18.3 Å². The number of rotatable bonds is 4. The molecule has 0 fully saturated rings. The quantitative estimate of drug-likeness (QED) is 0.852. The van der Waals surface area contributed by atoms with E-state index in [0.29, 0.717) is 5.69 Å². The molecule has 2 aromatic rings. The number of carbonyl (C=O) groups excluding carboxylic acids is 1. The van der Waals surface area contributed by atoms with Crippen molar-refractivity contribution >= 4 is 11.6 Å². The van der Waals surface area contributed by atoms with E-state index in [1.165, 1.54) is 6.07 Å². The zero-order valence-electron chi connectivity index (χ0n) is 11.3. The number of anilines is 1. The first-order chi connectivity index (χ1) is 10.2. The topological polar surface area (TPSA) is 67.0 Å². The van der Waals surface area contributed by atoms with Gasteiger partial charge in [-0.15, -0.1) is 0 Å². The normalized spacial score (nSPS) is 11.3. The highest BCUT2D eigenvalue weighted by Gasteiger charge is 2.29. The summed E-state index contributed by atoms with van der Waals surface area (Å²) in [6.45, 7) is 0.0837. The molecule has 2 rings (SSSR count). The first kappa shape index (κ1) is 15.8. The molecule has 0 saturated carbocycles. The number of aryl methyl sites for hydroxylation is 1. The molecule has 1 heterocycles. The first-order valence-electron chi connectivity index (χ1n) is 6.07. The number of ether oxygens (including phenoxy) is 1. The lowest BCUT2D eigenvalue weighted by atomic mass is 10.2. The lowest BCUT2D eigenvalue weighted by molar-refractivity contribution is -0.153. The highest BCUT2D eigenvalue weighted by Crippen LogP contribution is 2.28. The van der Waals surface area contributed by atoms with Crippen LogP contribution in [0.4, 0.5) is 23.2 Å². The molecule has 22 heavy (non-hydrogen) atoms. The van der Waals surface area contributed by atoms with Crippen molar-refractivity contribution in [3.63, 3.8) is 0 Å². The molecule has 2 N–H and O–H groups in total. The van der Waals surface area contributed by atoms with Crippen LogP contribution in [-0.4, -0.2) is 28.9 Å². The lowest BCUT2D eigenvalue weighted by Gasteiger charge is -2.13. The van der Waals surface area contributed by atoms with Crippen LogP contribution in [0, 0.1) is 12.7 Å². The van der Waals surface area contributed by atoms with E-state index in [1.54, 1.807) is 6.92 Å².